The van der Waals surface area contributed by atoms with Crippen LogP contribution in [0.4, 0.5) is 0 Å². The molecule has 0 saturated heterocycles. The molecule has 4 nitrogen and oxygen atoms in total. The number of halogens is 1. The van der Waals surface area contributed by atoms with Gasteiger partial charge in [-0.05, 0) is 29.8 Å². The summed E-state index contributed by atoms with van der Waals surface area (Å²) < 4.78 is 2.83. The molecule has 74 valence electrons. The first kappa shape index (κ1) is 9.61. The van der Waals surface area contributed by atoms with Gasteiger partial charge in [0.25, 0.3) is 0 Å². The zero-order valence-corrected chi connectivity index (χ0v) is 9.62. The average molecular weight is 255 g/mol. The molecule has 14 heavy (non-hydrogen) atoms. The maximum Gasteiger partial charge on any atom is 0.234 e. The van der Waals surface area contributed by atoms with Crippen molar-refractivity contribution in [2.75, 3.05) is 0 Å². The molecule has 0 radical (unpaired) electrons. The first-order valence-corrected chi connectivity index (χ1v) is 5.14. The Hall–Kier alpha value is -0.940. The summed E-state index contributed by atoms with van der Waals surface area (Å²) in [5, 5.41) is 0. The summed E-state index contributed by atoms with van der Waals surface area (Å²) in [5.41, 5.74) is 7.70. The molecule has 2 aromatic heterocycles. The van der Waals surface area contributed by atoms with Gasteiger partial charge in [-0.1, -0.05) is 0 Å². The Labute approximate surface area is 90.3 Å². The van der Waals surface area contributed by atoms with Gasteiger partial charge in [0, 0.05) is 24.0 Å². The number of hydrogen-bond donors (Lipinski definition) is 1. The summed E-state index contributed by atoms with van der Waals surface area (Å²) in [6.45, 7) is 3.87. The first-order chi connectivity index (χ1) is 6.59. The number of aryl methyl sites for hydroxylation is 1. The lowest BCUT2D eigenvalue weighted by molar-refractivity contribution is 0.798. The molecule has 0 amide bonds. The molecular weight excluding hydrogens is 244 g/mol. The van der Waals surface area contributed by atoms with E-state index < -0.39 is 0 Å². The van der Waals surface area contributed by atoms with Crippen molar-refractivity contribution in [1.82, 2.24) is 14.4 Å². The molecule has 0 fully saturated rings. The van der Waals surface area contributed by atoms with Gasteiger partial charge in [0.15, 0.2) is 0 Å². The monoisotopic (exact) mass is 254 g/mol. The molecule has 0 saturated carbocycles. The van der Waals surface area contributed by atoms with E-state index in [1.807, 2.05) is 24.4 Å². The van der Waals surface area contributed by atoms with Crippen molar-refractivity contribution in [1.29, 1.82) is 0 Å². The molecule has 2 aromatic rings. The van der Waals surface area contributed by atoms with Gasteiger partial charge >= 0.3 is 0 Å². The summed E-state index contributed by atoms with van der Waals surface area (Å²) in [6, 6.07) is -0.0125. The highest BCUT2D eigenvalue weighted by atomic mass is 79.9. The van der Waals surface area contributed by atoms with E-state index in [0.717, 1.165) is 15.9 Å². The molecule has 1 unspecified atom stereocenters. The van der Waals surface area contributed by atoms with Gasteiger partial charge in [0.1, 0.15) is 4.60 Å². The fraction of sp³-hybridized carbons (Fsp3) is 0.333. The summed E-state index contributed by atoms with van der Waals surface area (Å²) in [6.07, 6.45) is 3.72. The Balaban J connectivity index is 2.69. The number of nitrogens with zero attached hydrogens (tertiary/aromatic N) is 3. The van der Waals surface area contributed by atoms with Gasteiger partial charge in [-0.3, -0.25) is 4.40 Å². The first-order valence-electron chi connectivity index (χ1n) is 4.35. The summed E-state index contributed by atoms with van der Waals surface area (Å²) in [7, 11) is 0. The number of hydrogen-bond acceptors (Lipinski definition) is 3. The summed E-state index contributed by atoms with van der Waals surface area (Å²) in [4.78, 5) is 8.50. The lowest BCUT2D eigenvalue weighted by Crippen LogP contribution is -2.06. The minimum absolute atomic E-state index is 0.0125. The quantitative estimate of drug-likeness (QED) is 0.845. The smallest absolute Gasteiger partial charge is 0.234 e. The van der Waals surface area contributed by atoms with E-state index in [9.17, 15) is 0 Å². The normalized spacial score (nSPS) is 13.4. The highest BCUT2D eigenvalue weighted by Crippen LogP contribution is 2.18. The van der Waals surface area contributed by atoms with E-state index in [-0.39, 0.29) is 6.04 Å². The van der Waals surface area contributed by atoms with Crippen molar-refractivity contribution in [2.24, 2.45) is 5.73 Å². The minimum atomic E-state index is -0.0125. The zero-order chi connectivity index (χ0) is 10.3. The van der Waals surface area contributed by atoms with Crippen LogP contribution in [0.15, 0.2) is 17.0 Å². The number of rotatable bonds is 1. The average Bonchev–Trinajstić information content (AvgIpc) is 2.43. The molecule has 2 heterocycles. The molecule has 2 rings (SSSR count). The van der Waals surface area contributed by atoms with Crippen LogP contribution in [0.25, 0.3) is 5.78 Å². The fourth-order valence-corrected chi connectivity index (χ4v) is 1.62. The predicted molar refractivity (Wildman–Crippen MR) is 58.0 cm³/mol. The zero-order valence-electron chi connectivity index (χ0n) is 8.03. The molecule has 0 aliphatic rings. The van der Waals surface area contributed by atoms with E-state index in [1.54, 1.807) is 6.20 Å². The standard InChI is InChI=1S/C9H11BrN4/c1-5(11)7-3-12-9-13-6(2)8(10)14(9)4-7/h3-5H,11H2,1-2H3. The number of nitrogens with two attached hydrogens (primary N) is 1. The van der Waals surface area contributed by atoms with Gasteiger partial charge < -0.3 is 5.73 Å². The highest BCUT2D eigenvalue weighted by molar-refractivity contribution is 9.10. The third kappa shape index (κ3) is 1.42. The van der Waals surface area contributed by atoms with Crippen LogP contribution in [0.3, 0.4) is 0 Å². The third-order valence-electron chi connectivity index (χ3n) is 2.13. The SMILES string of the molecule is Cc1nc2ncc(C(C)N)cn2c1Br. The molecule has 0 bridgehead atoms. The summed E-state index contributed by atoms with van der Waals surface area (Å²) >= 11 is 3.45. The van der Waals surface area contributed by atoms with E-state index in [0.29, 0.717) is 5.78 Å². The highest BCUT2D eigenvalue weighted by Gasteiger charge is 2.08. The van der Waals surface area contributed by atoms with E-state index in [2.05, 4.69) is 25.9 Å². The summed E-state index contributed by atoms with van der Waals surface area (Å²) in [5.74, 6) is 0.693. The second-order valence-corrected chi connectivity index (χ2v) is 4.09. The van der Waals surface area contributed by atoms with Gasteiger partial charge in [-0.25, -0.2) is 9.97 Å². The van der Waals surface area contributed by atoms with Crippen molar-refractivity contribution in [3.8, 4) is 0 Å². The largest absolute Gasteiger partial charge is 0.324 e. The molecule has 1 atom stereocenters. The third-order valence-corrected chi connectivity index (χ3v) is 3.08. The Kier molecular flexibility index (Phi) is 2.28. The van der Waals surface area contributed by atoms with Crippen LogP contribution in [-0.2, 0) is 0 Å². The van der Waals surface area contributed by atoms with Crippen LogP contribution >= 0.6 is 15.9 Å². The van der Waals surface area contributed by atoms with Crippen LogP contribution < -0.4 is 5.73 Å². The predicted octanol–water partition coefficient (Wildman–Crippen LogP) is 1.82. The van der Waals surface area contributed by atoms with Gasteiger partial charge in [0.05, 0.1) is 5.69 Å². The Morgan fingerprint density at radius 3 is 2.93 bits per heavy atom. The second-order valence-electron chi connectivity index (χ2n) is 3.33. The number of fused-ring (bicyclic) bond motifs is 1. The van der Waals surface area contributed by atoms with E-state index in [4.69, 9.17) is 5.73 Å². The van der Waals surface area contributed by atoms with Crippen molar-refractivity contribution in [2.45, 2.75) is 19.9 Å². The van der Waals surface area contributed by atoms with Crippen molar-refractivity contribution in [3.05, 3.63) is 28.3 Å². The van der Waals surface area contributed by atoms with E-state index in [1.165, 1.54) is 0 Å². The lowest BCUT2D eigenvalue weighted by Gasteiger charge is -2.04. The minimum Gasteiger partial charge on any atom is -0.324 e. The van der Waals surface area contributed by atoms with Crippen LogP contribution in [0.1, 0.15) is 24.2 Å². The van der Waals surface area contributed by atoms with Crippen molar-refractivity contribution >= 4 is 21.7 Å². The molecular formula is C9H11BrN4. The molecule has 0 aromatic carbocycles. The topological polar surface area (TPSA) is 56.2 Å². The van der Waals surface area contributed by atoms with Gasteiger partial charge in [-0.2, -0.15) is 0 Å². The molecule has 5 heteroatoms. The van der Waals surface area contributed by atoms with Crippen LogP contribution in [-0.4, -0.2) is 14.4 Å². The van der Waals surface area contributed by atoms with E-state index >= 15 is 0 Å². The molecule has 0 spiro atoms. The lowest BCUT2D eigenvalue weighted by atomic mass is 10.2. The maximum atomic E-state index is 5.77. The van der Waals surface area contributed by atoms with Crippen molar-refractivity contribution < 1.29 is 0 Å². The van der Waals surface area contributed by atoms with Crippen molar-refractivity contribution in [3.63, 3.8) is 0 Å². The van der Waals surface area contributed by atoms with Crippen LogP contribution in [0.2, 0.25) is 0 Å². The Morgan fingerprint density at radius 2 is 2.29 bits per heavy atom. The molecule has 2 N–H and O–H groups in total. The van der Waals surface area contributed by atoms with Crippen LogP contribution in [0.5, 0.6) is 0 Å². The number of imidazole rings is 1. The van der Waals surface area contributed by atoms with Gasteiger partial charge in [0.2, 0.25) is 5.78 Å². The Bertz CT molecular complexity index is 475. The number of aromatic nitrogens is 3. The van der Waals surface area contributed by atoms with Gasteiger partial charge in [-0.15, -0.1) is 0 Å². The van der Waals surface area contributed by atoms with Crippen LogP contribution in [0, 0.1) is 6.92 Å². The fourth-order valence-electron chi connectivity index (χ4n) is 1.27. The maximum absolute atomic E-state index is 5.77. The Morgan fingerprint density at radius 1 is 1.57 bits per heavy atom. The molecule has 0 aliphatic heterocycles. The molecule has 0 aliphatic carbocycles. The second kappa shape index (κ2) is 3.33.